The predicted octanol–water partition coefficient (Wildman–Crippen LogP) is 2.91. The molecule has 0 radical (unpaired) electrons. The van der Waals surface area contributed by atoms with Crippen LogP contribution in [0.15, 0.2) is 24.3 Å². The van der Waals surface area contributed by atoms with Gasteiger partial charge in [-0.1, -0.05) is 12.1 Å². The van der Waals surface area contributed by atoms with Gasteiger partial charge < -0.3 is 19.3 Å². The van der Waals surface area contributed by atoms with Crippen LogP contribution in [0.5, 0.6) is 5.75 Å². The van der Waals surface area contributed by atoms with Crippen molar-refractivity contribution in [2.45, 2.75) is 56.3 Å². The van der Waals surface area contributed by atoms with Crippen molar-refractivity contribution in [2.75, 3.05) is 33.9 Å². The predicted molar refractivity (Wildman–Crippen MR) is 102 cm³/mol. The molecule has 0 unspecified atom stereocenters. The lowest BCUT2D eigenvalue weighted by atomic mass is 9.84. The Labute approximate surface area is 161 Å². The Bertz CT molecular complexity index is 626. The van der Waals surface area contributed by atoms with Gasteiger partial charge in [-0.3, -0.25) is 4.90 Å². The molecule has 1 saturated heterocycles. The molecule has 150 valence electrons. The van der Waals surface area contributed by atoms with E-state index in [0.29, 0.717) is 31.8 Å². The van der Waals surface area contributed by atoms with Crippen molar-refractivity contribution >= 4 is 5.97 Å². The number of hydrogen-bond acceptors (Lipinski definition) is 5. The molecule has 2 aliphatic rings. The maximum absolute atomic E-state index is 12.4. The second kappa shape index (κ2) is 8.59. The molecule has 1 heterocycles. The summed E-state index contributed by atoms with van der Waals surface area (Å²) in [4.78, 5) is 14.7. The van der Waals surface area contributed by atoms with Crippen LogP contribution in [0.1, 0.15) is 44.1 Å². The topological polar surface area (TPSA) is 68.2 Å². The monoisotopic (exact) mass is 377 g/mol. The maximum atomic E-state index is 12.4. The fraction of sp³-hybridized carbons (Fsp3) is 0.667. The Kier molecular flexibility index (Phi) is 6.40. The van der Waals surface area contributed by atoms with Crippen LogP contribution >= 0.6 is 0 Å². The molecule has 2 fully saturated rings. The largest absolute Gasteiger partial charge is 0.497 e. The molecular weight excluding hydrogens is 346 g/mol. The Morgan fingerprint density at radius 3 is 2.37 bits per heavy atom. The van der Waals surface area contributed by atoms with E-state index in [1.807, 2.05) is 31.2 Å². The summed E-state index contributed by atoms with van der Waals surface area (Å²) in [6.45, 7) is 3.36. The Balaban J connectivity index is 1.85. The molecule has 6 heteroatoms. The number of carboxylic acid groups (broad SMARTS) is 1. The minimum absolute atomic E-state index is 0.207. The van der Waals surface area contributed by atoms with Crippen molar-refractivity contribution < 1.29 is 24.1 Å². The third-order valence-electron chi connectivity index (χ3n) is 6.19. The average molecular weight is 377 g/mol. The second-order valence-electron chi connectivity index (χ2n) is 7.55. The van der Waals surface area contributed by atoms with Gasteiger partial charge in [0.05, 0.1) is 13.2 Å². The van der Waals surface area contributed by atoms with E-state index in [0.717, 1.165) is 37.0 Å². The molecule has 1 N–H and O–H groups in total. The van der Waals surface area contributed by atoms with E-state index in [2.05, 4.69) is 4.90 Å². The molecule has 1 aliphatic carbocycles. The quantitative estimate of drug-likeness (QED) is 0.788. The van der Waals surface area contributed by atoms with Crippen LogP contribution in [-0.2, 0) is 14.3 Å². The lowest BCUT2D eigenvalue weighted by molar-refractivity contribution is -0.166. The van der Waals surface area contributed by atoms with Crippen LogP contribution in [-0.4, -0.2) is 67.6 Å². The van der Waals surface area contributed by atoms with E-state index >= 15 is 0 Å². The summed E-state index contributed by atoms with van der Waals surface area (Å²) < 4.78 is 16.7. The van der Waals surface area contributed by atoms with E-state index < -0.39 is 11.6 Å². The highest BCUT2D eigenvalue weighted by atomic mass is 16.5. The van der Waals surface area contributed by atoms with Gasteiger partial charge in [0.1, 0.15) is 5.75 Å². The third kappa shape index (κ3) is 3.98. The van der Waals surface area contributed by atoms with Crippen molar-refractivity contribution in [2.24, 2.45) is 0 Å². The first-order valence-electron chi connectivity index (χ1n) is 9.82. The molecule has 1 aliphatic heterocycles. The molecule has 3 rings (SSSR count). The van der Waals surface area contributed by atoms with Crippen molar-refractivity contribution in [1.29, 1.82) is 0 Å². The van der Waals surface area contributed by atoms with Gasteiger partial charge in [-0.15, -0.1) is 0 Å². The molecule has 0 spiro atoms. The van der Waals surface area contributed by atoms with Gasteiger partial charge in [0.25, 0.3) is 0 Å². The normalized spacial score (nSPS) is 31.7. The summed E-state index contributed by atoms with van der Waals surface area (Å²) in [6, 6.07) is 8.09. The molecular formula is C21H31NO5. The zero-order chi connectivity index (χ0) is 19.4. The zero-order valence-electron chi connectivity index (χ0n) is 16.5. The van der Waals surface area contributed by atoms with Gasteiger partial charge in [-0.25, -0.2) is 4.79 Å². The van der Waals surface area contributed by atoms with E-state index in [-0.39, 0.29) is 5.92 Å². The number of hydrogen-bond donors (Lipinski definition) is 1. The Morgan fingerprint density at radius 2 is 1.85 bits per heavy atom. The molecule has 0 bridgehead atoms. The molecule has 0 aromatic heterocycles. The summed E-state index contributed by atoms with van der Waals surface area (Å²) in [6.07, 6.45) is 4.46. The minimum Gasteiger partial charge on any atom is -0.497 e. The van der Waals surface area contributed by atoms with E-state index in [1.54, 1.807) is 14.2 Å². The number of rotatable bonds is 7. The van der Waals surface area contributed by atoms with Gasteiger partial charge >= 0.3 is 5.97 Å². The number of nitrogens with zero attached hydrogens (tertiary/aromatic N) is 1. The molecule has 2 atom stereocenters. The number of ether oxygens (including phenoxy) is 3. The third-order valence-corrected chi connectivity index (χ3v) is 6.19. The number of benzene rings is 1. The summed E-state index contributed by atoms with van der Waals surface area (Å²) in [7, 11) is 3.40. The van der Waals surface area contributed by atoms with Crippen molar-refractivity contribution in [3.05, 3.63) is 29.8 Å². The van der Waals surface area contributed by atoms with Gasteiger partial charge in [-0.2, -0.15) is 0 Å². The average Bonchev–Trinajstić information content (AvgIpc) is 3.09. The molecule has 1 aromatic rings. The first-order valence-corrected chi connectivity index (χ1v) is 9.82. The second-order valence-corrected chi connectivity index (χ2v) is 7.55. The van der Waals surface area contributed by atoms with Gasteiger partial charge in [0, 0.05) is 38.8 Å². The van der Waals surface area contributed by atoms with Crippen LogP contribution in [0.3, 0.4) is 0 Å². The van der Waals surface area contributed by atoms with Gasteiger partial charge in [0.15, 0.2) is 5.60 Å². The highest BCUT2D eigenvalue weighted by Gasteiger charge is 2.55. The summed E-state index contributed by atoms with van der Waals surface area (Å²) in [5.41, 5.74) is -0.221. The summed E-state index contributed by atoms with van der Waals surface area (Å²) >= 11 is 0. The van der Waals surface area contributed by atoms with Crippen LogP contribution in [0.4, 0.5) is 0 Å². The zero-order valence-corrected chi connectivity index (χ0v) is 16.5. The fourth-order valence-electron chi connectivity index (χ4n) is 4.68. The van der Waals surface area contributed by atoms with Gasteiger partial charge in [0.2, 0.25) is 0 Å². The maximum Gasteiger partial charge on any atom is 0.338 e. The Morgan fingerprint density at radius 1 is 1.19 bits per heavy atom. The summed E-state index contributed by atoms with van der Waals surface area (Å²) in [5, 5.41) is 10.1. The molecule has 6 nitrogen and oxygen atoms in total. The smallest absolute Gasteiger partial charge is 0.338 e. The molecule has 27 heavy (non-hydrogen) atoms. The number of carbonyl (C=O) groups is 1. The van der Waals surface area contributed by atoms with Crippen LogP contribution in [0.2, 0.25) is 0 Å². The van der Waals surface area contributed by atoms with Crippen molar-refractivity contribution in [3.63, 3.8) is 0 Å². The van der Waals surface area contributed by atoms with Crippen LogP contribution in [0, 0.1) is 0 Å². The number of aliphatic carboxylic acids is 1. The van der Waals surface area contributed by atoms with Gasteiger partial charge in [-0.05, 0) is 50.3 Å². The number of methoxy groups -OCH3 is 2. The van der Waals surface area contributed by atoms with E-state index in [4.69, 9.17) is 14.2 Å². The first-order chi connectivity index (χ1) is 13.0. The van der Waals surface area contributed by atoms with Crippen molar-refractivity contribution in [3.8, 4) is 5.75 Å². The van der Waals surface area contributed by atoms with E-state index in [9.17, 15) is 9.90 Å². The Hall–Kier alpha value is -1.63. The fourth-order valence-corrected chi connectivity index (χ4v) is 4.68. The lowest BCUT2D eigenvalue weighted by Crippen LogP contribution is -2.49. The first kappa shape index (κ1) is 20.1. The summed E-state index contributed by atoms with van der Waals surface area (Å²) in [5.74, 6) is -0.317. The van der Waals surface area contributed by atoms with E-state index in [1.165, 1.54) is 0 Å². The number of carboxylic acids is 1. The minimum atomic E-state index is -1.21. The highest BCUT2D eigenvalue weighted by Crippen LogP contribution is 2.42. The molecule has 0 amide bonds. The number of likely N-dealkylation sites (tertiary alicyclic amines) is 1. The standard InChI is InChI=1S/C21H31NO5/c1-4-27-21(20(23)24)14-22(16-7-11-18(26-3)12-8-16)13-19(21)15-5-9-17(25-2)10-6-15/h5-6,9-10,16,18-19H,4,7-8,11-14H2,1-3H3,(H,23,24)/t16?,18?,19-,21-/m0/s1. The van der Waals surface area contributed by atoms with Crippen LogP contribution in [0.25, 0.3) is 0 Å². The molecule has 1 saturated carbocycles. The highest BCUT2D eigenvalue weighted by molar-refractivity contribution is 5.80. The molecule has 1 aromatic carbocycles. The van der Waals surface area contributed by atoms with Crippen LogP contribution < -0.4 is 4.74 Å². The van der Waals surface area contributed by atoms with Crippen molar-refractivity contribution in [1.82, 2.24) is 4.90 Å². The SMILES string of the molecule is CCO[C@@]1(C(=O)O)CN(C2CCC(OC)CC2)C[C@H]1c1ccc(OC)cc1. The lowest BCUT2D eigenvalue weighted by Gasteiger charge is -2.35.